The van der Waals surface area contributed by atoms with Crippen LogP contribution >= 0.6 is 22.6 Å². The Bertz CT molecular complexity index is 45.7. The Morgan fingerprint density at radius 2 is 2.12 bits per heavy atom. The first-order valence-electron chi connectivity index (χ1n) is 2.61. The van der Waals surface area contributed by atoms with Gasteiger partial charge in [-0.2, -0.15) is 0 Å². The molecule has 8 heavy (non-hydrogen) atoms. The van der Waals surface area contributed by atoms with Gasteiger partial charge in [0.25, 0.3) is 0 Å². The molecule has 0 aromatic rings. The number of nitrogens with zero attached hydrogens (tertiary/aromatic N) is 1. The average Bonchev–Trinajstić information content (AvgIpc) is 1.68. The summed E-state index contributed by atoms with van der Waals surface area (Å²) in [5.41, 5.74) is 0. The minimum absolute atomic E-state index is 0.229. The maximum Gasteiger partial charge on any atom is 0.102 e. The van der Waals surface area contributed by atoms with E-state index in [-0.39, 0.29) is 6.67 Å². The van der Waals surface area contributed by atoms with Crippen molar-refractivity contribution in [2.24, 2.45) is 0 Å². The monoisotopic (exact) mass is 231 g/mol. The highest BCUT2D eigenvalue weighted by atomic mass is 127. The topological polar surface area (TPSA) is 3.24 Å². The molecule has 0 aromatic carbocycles. The first-order chi connectivity index (χ1) is 3.81. The van der Waals surface area contributed by atoms with E-state index < -0.39 is 0 Å². The van der Waals surface area contributed by atoms with Crippen molar-refractivity contribution in [3.8, 4) is 0 Å². The van der Waals surface area contributed by atoms with Crippen LogP contribution in [0.15, 0.2) is 0 Å². The van der Waals surface area contributed by atoms with Crippen LogP contribution in [0.25, 0.3) is 0 Å². The normalized spacial score (nSPS) is 10.5. The van der Waals surface area contributed by atoms with Gasteiger partial charge >= 0.3 is 0 Å². The highest BCUT2D eigenvalue weighted by Gasteiger charge is 1.92. The Kier molecular flexibility index (Phi) is 6.20. The van der Waals surface area contributed by atoms with E-state index in [0.29, 0.717) is 6.54 Å². The summed E-state index contributed by atoms with van der Waals surface area (Å²) < 4.78 is 12.6. The fraction of sp³-hybridized carbons (Fsp3) is 1.00. The highest BCUT2D eigenvalue weighted by molar-refractivity contribution is 14.1. The Morgan fingerprint density at radius 3 is 2.50 bits per heavy atom. The molecule has 0 N–H and O–H groups in total. The van der Waals surface area contributed by atoms with Gasteiger partial charge in [0, 0.05) is 17.5 Å². The molecule has 0 aliphatic carbocycles. The van der Waals surface area contributed by atoms with Gasteiger partial charge in [-0.15, -0.1) is 0 Å². The lowest BCUT2D eigenvalue weighted by molar-refractivity contribution is 0.311. The standard InChI is InChI=1S/C5H11FIN/c1-8(4-2-6)5-3-7/h2-5H2,1H3. The van der Waals surface area contributed by atoms with E-state index in [0.717, 1.165) is 11.0 Å². The summed E-state index contributed by atoms with van der Waals surface area (Å²) in [6.07, 6.45) is 0. The lowest BCUT2D eigenvalue weighted by Crippen LogP contribution is -2.22. The van der Waals surface area contributed by atoms with Crippen LogP contribution in [0.1, 0.15) is 0 Å². The first kappa shape index (κ1) is 8.62. The second-order valence-corrected chi connectivity index (χ2v) is 2.76. The zero-order valence-corrected chi connectivity index (χ0v) is 7.19. The summed E-state index contributed by atoms with van der Waals surface area (Å²) in [6, 6.07) is 0. The molecule has 0 amide bonds. The number of halogens is 2. The largest absolute Gasteiger partial charge is 0.303 e. The number of hydrogen-bond donors (Lipinski definition) is 0. The minimum atomic E-state index is -0.229. The van der Waals surface area contributed by atoms with Crippen molar-refractivity contribution < 1.29 is 4.39 Å². The summed E-state index contributed by atoms with van der Waals surface area (Å²) in [5, 5.41) is 0. The second kappa shape index (κ2) is 5.75. The Balaban J connectivity index is 2.92. The van der Waals surface area contributed by atoms with Gasteiger partial charge in [0.2, 0.25) is 0 Å². The van der Waals surface area contributed by atoms with Crippen LogP contribution in [0.5, 0.6) is 0 Å². The zero-order valence-electron chi connectivity index (χ0n) is 5.03. The van der Waals surface area contributed by atoms with Crippen molar-refractivity contribution in [2.45, 2.75) is 0 Å². The molecule has 50 valence electrons. The molecule has 0 unspecified atom stereocenters. The summed E-state index contributed by atoms with van der Waals surface area (Å²) in [6.45, 7) is 1.33. The van der Waals surface area contributed by atoms with Gasteiger partial charge in [-0.3, -0.25) is 0 Å². The average molecular weight is 231 g/mol. The quantitative estimate of drug-likeness (QED) is 0.521. The molecule has 0 rings (SSSR count). The molecule has 0 atom stereocenters. The van der Waals surface area contributed by atoms with E-state index in [1.807, 2.05) is 11.9 Å². The molecule has 0 fully saturated rings. The molecule has 0 saturated carbocycles. The predicted octanol–water partition coefficient (Wildman–Crippen LogP) is 1.32. The third kappa shape index (κ3) is 4.77. The van der Waals surface area contributed by atoms with Crippen molar-refractivity contribution in [3.05, 3.63) is 0 Å². The van der Waals surface area contributed by atoms with E-state index >= 15 is 0 Å². The third-order valence-corrected chi connectivity index (χ3v) is 1.41. The Hall–Kier alpha value is 0.620. The van der Waals surface area contributed by atoms with E-state index in [2.05, 4.69) is 22.6 Å². The van der Waals surface area contributed by atoms with Gasteiger partial charge in [0.05, 0.1) is 0 Å². The molecule has 0 spiro atoms. The smallest absolute Gasteiger partial charge is 0.102 e. The Labute approximate surface area is 63.4 Å². The van der Waals surface area contributed by atoms with Gasteiger partial charge in [0.1, 0.15) is 6.67 Å². The van der Waals surface area contributed by atoms with Crippen LogP contribution < -0.4 is 0 Å². The van der Waals surface area contributed by atoms with Gasteiger partial charge in [-0.1, -0.05) is 22.6 Å². The number of alkyl halides is 2. The predicted molar refractivity (Wildman–Crippen MR) is 42.4 cm³/mol. The maximum absolute atomic E-state index is 11.5. The van der Waals surface area contributed by atoms with Crippen molar-refractivity contribution in [3.63, 3.8) is 0 Å². The van der Waals surface area contributed by atoms with Crippen molar-refractivity contribution in [2.75, 3.05) is 31.2 Å². The van der Waals surface area contributed by atoms with Crippen LogP contribution in [0, 0.1) is 0 Å². The van der Waals surface area contributed by atoms with Gasteiger partial charge in [0.15, 0.2) is 0 Å². The van der Waals surface area contributed by atoms with Gasteiger partial charge in [-0.05, 0) is 7.05 Å². The molecule has 3 heteroatoms. The third-order valence-electron chi connectivity index (χ3n) is 0.932. The highest BCUT2D eigenvalue weighted by Crippen LogP contribution is 1.86. The van der Waals surface area contributed by atoms with Crippen LogP contribution in [0.4, 0.5) is 4.39 Å². The lowest BCUT2D eigenvalue weighted by atomic mass is 10.6. The molecule has 0 bridgehead atoms. The van der Waals surface area contributed by atoms with E-state index in [1.54, 1.807) is 0 Å². The van der Waals surface area contributed by atoms with E-state index in [1.165, 1.54) is 0 Å². The minimum Gasteiger partial charge on any atom is -0.303 e. The molecular formula is C5H11FIN. The van der Waals surface area contributed by atoms with Crippen LogP contribution in [0.3, 0.4) is 0 Å². The molecular weight excluding hydrogens is 220 g/mol. The van der Waals surface area contributed by atoms with E-state index in [4.69, 9.17) is 0 Å². The summed E-state index contributed by atoms with van der Waals surface area (Å²) >= 11 is 2.28. The molecule has 0 aliphatic rings. The fourth-order valence-corrected chi connectivity index (χ4v) is 1.22. The zero-order chi connectivity index (χ0) is 6.41. The molecule has 0 saturated heterocycles. The maximum atomic E-state index is 11.5. The van der Waals surface area contributed by atoms with Crippen LogP contribution in [0.2, 0.25) is 0 Å². The molecule has 1 nitrogen and oxygen atoms in total. The van der Waals surface area contributed by atoms with Gasteiger partial charge in [-0.25, -0.2) is 4.39 Å². The van der Waals surface area contributed by atoms with Crippen LogP contribution in [-0.2, 0) is 0 Å². The molecule has 0 heterocycles. The van der Waals surface area contributed by atoms with Crippen LogP contribution in [-0.4, -0.2) is 36.1 Å². The summed E-state index contributed by atoms with van der Waals surface area (Å²) in [5.74, 6) is 0. The first-order valence-corrected chi connectivity index (χ1v) is 4.14. The lowest BCUT2D eigenvalue weighted by Gasteiger charge is -2.10. The number of rotatable bonds is 4. The van der Waals surface area contributed by atoms with E-state index in [9.17, 15) is 4.39 Å². The van der Waals surface area contributed by atoms with Gasteiger partial charge < -0.3 is 4.90 Å². The molecule has 0 aromatic heterocycles. The molecule has 0 radical (unpaired) electrons. The Morgan fingerprint density at radius 1 is 1.50 bits per heavy atom. The van der Waals surface area contributed by atoms with Crippen molar-refractivity contribution in [1.82, 2.24) is 4.90 Å². The summed E-state index contributed by atoms with van der Waals surface area (Å²) in [4.78, 5) is 1.98. The van der Waals surface area contributed by atoms with Crippen molar-refractivity contribution in [1.29, 1.82) is 0 Å². The molecule has 0 aliphatic heterocycles. The SMILES string of the molecule is CN(CCF)CCI. The fourth-order valence-electron chi connectivity index (χ4n) is 0.400. The summed E-state index contributed by atoms with van der Waals surface area (Å²) in [7, 11) is 1.93. The van der Waals surface area contributed by atoms with Crippen molar-refractivity contribution >= 4 is 22.6 Å². The second-order valence-electron chi connectivity index (χ2n) is 1.68. The number of hydrogen-bond acceptors (Lipinski definition) is 1.